The number of aliphatic hydroxyl groups is 1. The first kappa shape index (κ1) is 19.0. The molecule has 2 N–H and O–H groups in total. The Morgan fingerprint density at radius 2 is 2.14 bits per heavy atom. The van der Waals surface area contributed by atoms with Gasteiger partial charge in [0.25, 0.3) is 0 Å². The highest BCUT2D eigenvalue weighted by atomic mass is 16.5. The third kappa shape index (κ3) is 4.54. The summed E-state index contributed by atoms with van der Waals surface area (Å²) < 4.78 is 6.92. The number of hydrogen-bond donors (Lipinski definition) is 2. The van der Waals surface area contributed by atoms with Crippen molar-refractivity contribution < 1.29 is 14.6 Å². The maximum absolute atomic E-state index is 12.0. The van der Waals surface area contributed by atoms with E-state index in [0.717, 1.165) is 25.3 Å². The number of aryl methyl sites for hydroxylation is 1. The van der Waals surface area contributed by atoms with Crippen LogP contribution in [0.3, 0.4) is 0 Å². The highest BCUT2D eigenvalue weighted by molar-refractivity contribution is 5.76. The Kier molecular flexibility index (Phi) is 5.94. The van der Waals surface area contributed by atoms with Crippen LogP contribution in [-0.4, -0.2) is 68.0 Å². The zero-order valence-electron chi connectivity index (χ0n) is 15.8. The summed E-state index contributed by atoms with van der Waals surface area (Å²) in [6.07, 6.45) is 1.41. The number of benzene rings is 1. The van der Waals surface area contributed by atoms with Crippen molar-refractivity contribution in [3.63, 3.8) is 0 Å². The minimum absolute atomic E-state index is 0.0863. The van der Waals surface area contributed by atoms with Gasteiger partial charge in [0.05, 0.1) is 31.9 Å². The van der Waals surface area contributed by atoms with Crippen molar-refractivity contribution in [2.75, 3.05) is 19.8 Å². The monoisotopic (exact) mass is 386 g/mol. The Hall–Kier alpha value is -2.36. The van der Waals surface area contributed by atoms with Gasteiger partial charge in [0.1, 0.15) is 0 Å². The van der Waals surface area contributed by atoms with Crippen LogP contribution < -0.4 is 5.32 Å². The summed E-state index contributed by atoms with van der Waals surface area (Å²) in [7, 11) is 0. The molecule has 1 fully saturated rings. The summed E-state index contributed by atoms with van der Waals surface area (Å²) in [4.78, 5) is 14.4. The molecule has 0 radical (unpaired) electrons. The quantitative estimate of drug-likeness (QED) is 0.684. The van der Waals surface area contributed by atoms with Gasteiger partial charge in [-0.3, -0.25) is 9.69 Å². The summed E-state index contributed by atoms with van der Waals surface area (Å²) in [6, 6.07) is 8.23. The van der Waals surface area contributed by atoms with Crippen LogP contribution in [0, 0.1) is 0 Å². The van der Waals surface area contributed by atoms with Gasteiger partial charge in [-0.2, -0.15) is 0 Å². The molecule has 0 aliphatic carbocycles. The molecule has 28 heavy (non-hydrogen) atoms. The highest BCUT2D eigenvalue weighted by Crippen LogP contribution is 2.19. The van der Waals surface area contributed by atoms with Gasteiger partial charge in [0.15, 0.2) is 5.82 Å². The Morgan fingerprint density at radius 1 is 1.29 bits per heavy atom. The molecule has 2 atom stereocenters. The lowest BCUT2D eigenvalue weighted by Crippen LogP contribution is -2.42. The summed E-state index contributed by atoms with van der Waals surface area (Å²) in [6.45, 7) is 3.81. The molecule has 9 nitrogen and oxygen atoms in total. The molecule has 1 aromatic carbocycles. The van der Waals surface area contributed by atoms with E-state index in [9.17, 15) is 9.90 Å². The summed E-state index contributed by atoms with van der Waals surface area (Å²) >= 11 is 0. The molecule has 0 spiro atoms. The van der Waals surface area contributed by atoms with E-state index in [1.54, 1.807) is 4.68 Å². The zero-order valence-corrected chi connectivity index (χ0v) is 15.8. The first-order valence-corrected chi connectivity index (χ1v) is 9.78. The lowest BCUT2D eigenvalue weighted by Gasteiger charge is -2.28. The van der Waals surface area contributed by atoms with E-state index in [1.165, 1.54) is 11.1 Å². The van der Waals surface area contributed by atoms with Crippen molar-refractivity contribution in [2.24, 2.45) is 0 Å². The van der Waals surface area contributed by atoms with Crippen LogP contribution in [-0.2, 0) is 35.6 Å². The van der Waals surface area contributed by atoms with Gasteiger partial charge in [0.2, 0.25) is 5.91 Å². The Labute approximate surface area is 163 Å². The fourth-order valence-electron chi connectivity index (χ4n) is 3.75. The van der Waals surface area contributed by atoms with Crippen molar-refractivity contribution in [1.82, 2.24) is 30.4 Å². The van der Waals surface area contributed by atoms with Crippen LogP contribution in [0.1, 0.15) is 29.8 Å². The minimum Gasteiger partial charge on any atom is -0.388 e. The lowest BCUT2D eigenvalue weighted by atomic mass is 10.00. The van der Waals surface area contributed by atoms with Crippen molar-refractivity contribution in [3.8, 4) is 0 Å². The molecule has 9 heteroatoms. The molecular formula is C19H26N6O3. The van der Waals surface area contributed by atoms with Gasteiger partial charge >= 0.3 is 0 Å². The van der Waals surface area contributed by atoms with Gasteiger partial charge in [-0.1, -0.05) is 24.3 Å². The lowest BCUT2D eigenvalue weighted by molar-refractivity contribution is -0.122. The van der Waals surface area contributed by atoms with Crippen LogP contribution in [0.4, 0.5) is 0 Å². The van der Waals surface area contributed by atoms with Crippen molar-refractivity contribution in [2.45, 2.75) is 51.0 Å². The van der Waals surface area contributed by atoms with E-state index in [1.807, 2.05) is 0 Å². The van der Waals surface area contributed by atoms with E-state index >= 15 is 0 Å². The van der Waals surface area contributed by atoms with Crippen molar-refractivity contribution >= 4 is 5.91 Å². The average molecular weight is 386 g/mol. The fraction of sp³-hybridized carbons (Fsp3) is 0.579. The number of nitrogens with one attached hydrogen (secondary N) is 1. The smallest absolute Gasteiger partial charge is 0.220 e. The Balaban J connectivity index is 1.25. The largest absolute Gasteiger partial charge is 0.388 e. The first-order chi connectivity index (χ1) is 13.7. The SMILES string of the molecule is O=C(CCCn1nnnc1CN1CCc2ccccc2C1)N[C@@H]1COC[C@H]1O. The number of tetrazole rings is 1. The van der Waals surface area contributed by atoms with E-state index < -0.39 is 6.10 Å². The normalized spacial score (nSPS) is 22.2. The number of fused-ring (bicyclic) bond motifs is 1. The second-order valence-electron chi connectivity index (χ2n) is 7.43. The predicted molar refractivity (Wildman–Crippen MR) is 100 cm³/mol. The van der Waals surface area contributed by atoms with Crippen LogP contribution in [0.15, 0.2) is 24.3 Å². The molecule has 3 heterocycles. The number of nitrogens with zero attached hydrogens (tertiary/aromatic N) is 5. The predicted octanol–water partition coefficient (Wildman–Crippen LogP) is -0.112. The number of rotatable bonds is 7. The average Bonchev–Trinajstić information content (AvgIpc) is 3.31. The summed E-state index contributed by atoms with van der Waals surface area (Å²) in [5.41, 5.74) is 2.78. The molecule has 0 bridgehead atoms. The van der Waals surface area contributed by atoms with E-state index in [0.29, 0.717) is 32.5 Å². The van der Waals surface area contributed by atoms with Crippen LogP contribution in [0.25, 0.3) is 0 Å². The summed E-state index contributed by atoms with van der Waals surface area (Å²) in [5, 5.41) is 24.6. The second-order valence-corrected chi connectivity index (χ2v) is 7.43. The van der Waals surface area contributed by atoms with E-state index in [4.69, 9.17) is 4.74 Å². The van der Waals surface area contributed by atoms with Gasteiger partial charge in [-0.15, -0.1) is 5.10 Å². The molecule has 2 aromatic rings. The Morgan fingerprint density at radius 3 is 2.96 bits per heavy atom. The minimum atomic E-state index is -0.621. The van der Waals surface area contributed by atoms with Crippen molar-refractivity contribution in [1.29, 1.82) is 0 Å². The topological polar surface area (TPSA) is 105 Å². The maximum atomic E-state index is 12.0. The van der Waals surface area contributed by atoms with Gasteiger partial charge in [-0.05, 0) is 34.4 Å². The number of ether oxygens (including phenoxy) is 1. The number of hydrogen-bond acceptors (Lipinski definition) is 7. The molecule has 0 unspecified atom stereocenters. The van der Waals surface area contributed by atoms with Gasteiger partial charge in [-0.25, -0.2) is 4.68 Å². The number of aromatic nitrogens is 4. The van der Waals surface area contributed by atoms with Gasteiger partial charge < -0.3 is 15.2 Å². The summed E-state index contributed by atoms with van der Waals surface area (Å²) in [5.74, 6) is 0.733. The molecule has 1 aromatic heterocycles. The third-order valence-electron chi connectivity index (χ3n) is 5.35. The Bertz CT molecular complexity index is 810. The first-order valence-electron chi connectivity index (χ1n) is 9.78. The maximum Gasteiger partial charge on any atom is 0.220 e. The number of aliphatic hydroxyl groups excluding tert-OH is 1. The van der Waals surface area contributed by atoms with Crippen LogP contribution in [0.5, 0.6) is 0 Å². The molecular weight excluding hydrogens is 360 g/mol. The number of amides is 1. The molecule has 2 aliphatic rings. The van der Waals surface area contributed by atoms with E-state index in [2.05, 4.69) is 50.0 Å². The van der Waals surface area contributed by atoms with Crippen LogP contribution >= 0.6 is 0 Å². The highest BCUT2D eigenvalue weighted by Gasteiger charge is 2.27. The van der Waals surface area contributed by atoms with Gasteiger partial charge in [0, 0.05) is 26.1 Å². The fourth-order valence-corrected chi connectivity index (χ4v) is 3.75. The molecule has 4 rings (SSSR count). The molecule has 0 saturated carbocycles. The molecule has 1 amide bonds. The molecule has 150 valence electrons. The van der Waals surface area contributed by atoms with E-state index in [-0.39, 0.29) is 18.6 Å². The third-order valence-corrected chi connectivity index (χ3v) is 5.35. The number of carbonyl (C=O) groups is 1. The number of carbonyl (C=O) groups excluding carboxylic acids is 1. The molecule has 1 saturated heterocycles. The molecule has 2 aliphatic heterocycles. The second kappa shape index (κ2) is 8.76. The van der Waals surface area contributed by atoms with Crippen LogP contribution in [0.2, 0.25) is 0 Å². The standard InChI is InChI=1S/C19H26N6O3/c26-17-13-28-12-16(17)20-19(27)6-3-8-25-18(21-22-23-25)11-24-9-7-14-4-1-2-5-15(14)10-24/h1-2,4-5,16-17,26H,3,6-13H2,(H,20,27)/t16-,17-/m1/s1. The zero-order chi connectivity index (χ0) is 19.3. The van der Waals surface area contributed by atoms with Crippen molar-refractivity contribution in [3.05, 3.63) is 41.2 Å².